The van der Waals surface area contributed by atoms with E-state index in [4.69, 9.17) is 0 Å². The van der Waals surface area contributed by atoms with Crippen molar-refractivity contribution in [2.24, 2.45) is 0 Å². The fourth-order valence-electron chi connectivity index (χ4n) is 2.59. The van der Waals surface area contributed by atoms with Crippen molar-refractivity contribution in [3.05, 3.63) is 58.8 Å². The van der Waals surface area contributed by atoms with Gasteiger partial charge in [-0.15, -0.1) is 11.3 Å². The SMILES string of the molecule is Cc1sccc1NS(=O)(=O)c1ccc(C(C)(C)C)cc1-c1cncnc1. The minimum Gasteiger partial charge on any atom is -0.278 e. The first-order valence-electron chi connectivity index (χ1n) is 8.15. The lowest BCUT2D eigenvalue weighted by atomic mass is 9.85. The van der Waals surface area contributed by atoms with Gasteiger partial charge in [0.1, 0.15) is 6.33 Å². The molecule has 0 aliphatic heterocycles. The third-order valence-electron chi connectivity index (χ3n) is 4.11. The van der Waals surface area contributed by atoms with Crippen LogP contribution in [0.1, 0.15) is 31.2 Å². The zero-order valence-corrected chi connectivity index (χ0v) is 16.8. The average Bonchev–Trinajstić information content (AvgIpc) is 2.98. The van der Waals surface area contributed by atoms with Crippen LogP contribution in [0, 0.1) is 6.92 Å². The molecule has 26 heavy (non-hydrogen) atoms. The van der Waals surface area contributed by atoms with Crippen molar-refractivity contribution in [3.8, 4) is 11.1 Å². The summed E-state index contributed by atoms with van der Waals surface area (Å²) < 4.78 is 28.8. The third kappa shape index (κ3) is 3.78. The second-order valence-electron chi connectivity index (χ2n) is 7.08. The molecule has 0 unspecified atom stereocenters. The Morgan fingerprint density at radius 2 is 1.77 bits per heavy atom. The van der Waals surface area contributed by atoms with Crippen LogP contribution in [0.15, 0.2) is 53.3 Å². The Labute approximate surface area is 158 Å². The van der Waals surface area contributed by atoms with Crippen molar-refractivity contribution in [1.82, 2.24) is 9.97 Å². The highest BCUT2D eigenvalue weighted by Crippen LogP contribution is 2.34. The molecule has 1 N–H and O–H groups in total. The van der Waals surface area contributed by atoms with Crippen molar-refractivity contribution in [3.63, 3.8) is 0 Å². The van der Waals surface area contributed by atoms with E-state index in [-0.39, 0.29) is 10.3 Å². The van der Waals surface area contributed by atoms with Gasteiger partial charge in [-0.1, -0.05) is 26.8 Å². The molecule has 1 aromatic carbocycles. The fraction of sp³-hybridized carbons (Fsp3) is 0.263. The van der Waals surface area contributed by atoms with Crippen LogP contribution in [0.4, 0.5) is 5.69 Å². The summed E-state index contributed by atoms with van der Waals surface area (Å²) in [6.07, 6.45) is 4.69. The zero-order chi connectivity index (χ0) is 18.9. The van der Waals surface area contributed by atoms with Crippen LogP contribution in [-0.2, 0) is 15.4 Å². The number of nitrogens with zero attached hydrogens (tertiary/aromatic N) is 2. The number of aromatic nitrogens is 2. The number of sulfonamides is 1. The smallest absolute Gasteiger partial charge is 0.262 e. The number of thiophene rings is 1. The lowest BCUT2D eigenvalue weighted by Gasteiger charge is -2.21. The molecular weight excluding hydrogens is 366 g/mol. The molecular formula is C19H21N3O2S2. The Balaban J connectivity index is 2.16. The standard InChI is InChI=1S/C19H21N3O2S2/c1-13-17(7-8-25-13)22-26(23,24)18-6-5-15(19(2,3)4)9-16(18)14-10-20-12-21-11-14/h5-12,22H,1-4H3. The van der Waals surface area contributed by atoms with Crippen LogP contribution >= 0.6 is 11.3 Å². The summed E-state index contributed by atoms with van der Waals surface area (Å²) in [6, 6.07) is 7.20. The first-order valence-corrected chi connectivity index (χ1v) is 10.5. The molecule has 5 nitrogen and oxygen atoms in total. The summed E-state index contributed by atoms with van der Waals surface area (Å²) in [5.74, 6) is 0. The minimum absolute atomic E-state index is 0.107. The Morgan fingerprint density at radius 3 is 2.35 bits per heavy atom. The van der Waals surface area contributed by atoms with E-state index in [2.05, 4.69) is 35.5 Å². The van der Waals surface area contributed by atoms with Crippen LogP contribution in [0.5, 0.6) is 0 Å². The molecule has 0 spiro atoms. The molecule has 0 aliphatic carbocycles. The van der Waals surface area contributed by atoms with Crippen molar-refractivity contribution in [1.29, 1.82) is 0 Å². The molecule has 0 amide bonds. The van der Waals surface area contributed by atoms with Gasteiger partial charge in [0.25, 0.3) is 10.0 Å². The number of nitrogens with one attached hydrogen (secondary N) is 1. The van der Waals surface area contributed by atoms with E-state index in [0.29, 0.717) is 16.8 Å². The van der Waals surface area contributed by atoms with Gasteiger partial charge in [-0.3, -0.25) is 4.72 Å². The van der Waals surface area contributed by atoms with Gasteiger partial charge < -0.3 is 0 Å². The van der Waals surface area contributed by atoms with Gasteiger partial charge in [-0.05, 0) is 41.5 Å². The lowest BCUT2D eigenvalue weighted by molar-refractivity contribution is 0.588. The van der Waals surface area contributed by atoms with E-state index in [9.17, 15) is 8.42 Å². The van der Waals surface area contributed by atoms with Crippen LogP contribution < -0.4 is 4.72 Å². The van der Waals surface area contributed by atoms with Gasteiger partial charge in [0.05, 0.1) is 10.6 Å². The van der Waals surface area contributed by atoms with E-state index in [0.717, 1.165) is 10.4 Å². The normalized spacial score (nSPS) is 12.2. The molecule has 0 saturated carbocycles. The molecule has 2 heterocycles. The van der Waals surface area contributed by atoms with E-state index >= 15 is 0 Å². The molecule has 0 saturated heterocycles. The largest absolute Gasteiger partial charge is 0.278 e. The predicted octanol–water partition coefficient (Wildman–Crippen LogP) is 4.61. The summed E-state index contributed by atoms with van der Waals surface area (Å²) in [7, 11) is -3.75. The number of hydrogen-bond donors (Lipinski definition) is 1. The molecule has 3 aromatic rings. The summed E-state index contributed by atoms with van der Waals surface area (Å²) in [4.78, 5) is 9.22. The predicted molar refractivity (Wildman–Crippen MR) is 106 cm³/mol. The highest BCUT2D eigenvalue weighted by Gasteiger charge is 2.24. The monoisotopic (exact) mass is 387 g/mol. The maximum Gasteiger partial charge on any atom is 0.262 e. The summed E-state index contributed by atoms with van der Waals surface area (Å²) in [5.41, 5.74) is 2.80. The van der Waals surface area contributed by atoms with E-state index in [1.165, 1.54) is 17.7 Å². The number of aryl methyl sites for hydroxylation is 1. The van der Waals surface area contributed by atoms with Crippen LogP contribution in [0.2, 0.25) is 0 Å². The molecule has 0 fully saturated rings. The number of benzene rings is 1. The molecule has 2 aromatic heterocycles. The minimum atomic E-state index is -3.75. The number of anilines is 1. The number of rotatable bonds is 4. The van der Waals surface area contributed by atoms with E-state index < -0.39 is 10.0 Å². The summed E-state index contributed by atoms with van der Waals surface area (Å²) in [5, 5.41) is 1.86. The van der Waals surface area contributed by atoms with Crippen LogP contribution in [0.3, 0.4) is 0 Å². The van der Waals surface area contributed by atoms with Crippen LogP contribution in [0.25, 0.3) is 11.1 Å². The van der Waals surface area contributed by atoms with Crippen LogP contribution in [-0.4, -0.2) is 18.4 Å². The third-order valence-corrected chi connectivity index (χ3v) is 6.38. The zero-order valence-electron chi connectivity index (χ0n) is 15.1. The van der Waals surface area contributed by atoms with Crippen molar-refractivity contribution >= 4 is 27.0 Å². The molecule has 0 aliphatic rings. The van der Waals surface area contributed by atoms with Crippen molar-refractivity contribution in [2.45, 2.75) is 38.0 Å². The van der Waals surface area contributed by atoms with E-state index in [1.807, 2.05) is 24.4 Å². The molecule has 136 valence electrons. The summed E-state index contributed by atoms with van der Waals surface area (Å²) >= 11 is 1.50. The van der Waals surface area contributed by atoms with Crippen molar-refractivity contribution < 1.29 is 8.42 Å². The summed E-state index contributed by atoms with van der Waals surface area (Å²) in [6.45, 7) is 8.16. The Morgan fingerprint density at radius 1 is 1.08 bits per heavy atom. The van der Waals surface area contributed by atoms with Gasteiger partial charge in [0, 0.05) is 28.4 Å². The molecule has 0 bridgehead atoms. The van der Waals surface area contributed by atoms with Gasteiger partial charge in [0.15, 0.2) is 0 Å². The molecule has 0 atom stereocenters. The van der Waals surface area contributed by atoms with Gasteiger partial charge in [-0.25, -0.2) is 18.4 Å². The topological polar surface area (TPSA) is 72.0 Å². The second-order valence-corrected chi connectivity index (χ2v) is 9.86. The average molecular weight is 388 g/mol. The maximum absolute atomic E-state index is 13.1. The fourth-order valence-corrected chi connectivity index (χ4v) is 4.64. The maximum atomic E-state index is 13.1. The van der Waals surface area contributed by atoms with Crippen molar-refractivity contribution in [2.75, 3.05) is 4.72 Å². The lowest BCUT2D eigenvalue weighted by Crippen LogP contribution is -2.16. The molecule has 3 rings (SSSR count). The molecule has 0 radical (unpaired) electrons. The Kier molecular flexibility index (Phi) is 4.86. The number of hydrogen-bond acceptors (Lipinski definition) is 5. The van der Waals surface area contributed by atoms with Gasteiger partial charge in [-0.2, -0.15) is 0 Å². The first-order chi connectivity index (χ1) is 12.2. The highest BCUT2D eigenvalue weighted by molar-refractivity contribution is 7.92. The Bertz CT molecular complexity index is 1020. The van der Waals surface area contributed by atoms with Gasteiger partial charge >= 0.3 is 0 Å². The van der Waals surface area contributed by atoms with Gasteiger partial charge in [0.2, 0.25) is 0 Å². The highest BCUT2D eigenvalue weighted by atomic mass is 32.2. The first kappa shape index (κ1) is 18.5. The second kappa shape index (κ2) is 6.81. The van der Waals surface area contributed by atoms with E-state index in [1.54, 1.807) is 24.5 Å². The molecule has 7 heteroatoms. The Hall–Kier alpha value is -2.25. The quantitative estimate of drug-likeness (QED) is 0.709.